The average molecular weight is 359 g/mol. The van der Waals surface area contributed by atoms with E-state index in [1.54, 1.807) is 6.07 Å². The molecule has 26 heavy (non-hydrogen) atoms. The Hall–Kier alpha value is -3.07. The fourth-order valence-corrected chi connectivity index (χ4v) is 2.29. The van der Waals surface area contributed by atoms with Crippen LogP contribution in [0.5, 0.6) is 5.75 Å². The van der Waals surface area contributed by atoms with Crippen LogP contribution in [0.15, 0.2) is 42.5 Å². The third-order valence-electron chi connectivity index (χ3n) is 3.59. The van der Waals surface area contributed by atoms with Crippen molar-refractivity contribution < 1.29 is 22.7 Å². The number of nitriles is 1. The average Bonchev–Trinajstić information content (AvgIpc) is 2.58. The van der Waals surface area contributed by atoms with Gasteiger partial charge in [0.25, 0.3) is 0 Å². The second-order valence-electron chi connectivity index (χ2n) is 5.50. The number of allylic oxidation sites excluding steroid dienone is 2. The van der Waals surface area contributed by atoms with Crippen molar-refractivity contribution in [3.63, 3.8) is 0 Å². The molecule has 0 heterocycles. The van der Waals surface area contributed by atoms with Crippen LogP contribution >= 0.6 is 0 Å². The van der Waals surface area contributed by atoms with E-state index in [4.69, 9.17) is 10.00 Å². The summed E-state index contributed by atoms with van der Waals surface area (Å²) in [5, 5.41) is 8.61. The van der Waals surface area contributed by atoms with Crippen LogP contribution in [0.3, 0.4) is 0 Å². The quantitative estimate of drug-likeness (QED) is 0.410. The Morgan fingerprint density at radius 3 is 2.38 bits per heavy atom. The molecule has 0 spiro atoms. The number of rotatable bonds is 6. The van der Waals surface area contributed by atoms with E-state index in [1.165, 1.54) is 18.2 Å². The van der Waals surface area contributed by atoms with Crippen molar-refractivity contribution in [2.45, 2.75) is 26.2 Å². The molecule has 6 heteroatoms. The molecule has 3 nitrogen and oxygen atoms in total. The molecule has 0 aliphatic carbocycles. The standard InChI is InChI=1S/C20H16F3NO2/c1-2-3-4-5-6-13-7-8-15(17(21)9-13)20(25)26-14-10-18(22)16(12-24)19(23)11-14/h3-4,7-11H,2,5-6H2,1H3. The van der Waals surface area contributed by atoms with E-state index in [-0.39, 0.29) is 5.56 Å². The minimum Gasteiger partial charge on any atom is -0.423 e. The third-order valence-corrected chi connectivity index (χ3v) is 3.59. The Morgan fingerprint density at radius 2 is 1.81 bits per heavy atom. The van der Waals surface area contributed by atoms with Crippen LogP contribution in [0, 0.1) is 28.8 Å². The molecule has 0 saturated heterocycles. The summed E-state index contributed by atoms with van der Waals surface area (Å²) in [5.41, 5.74) is -0.407. The van der Waals surface area contributed by atoms with E-state index in [2.05, 4.69) is 0 Å². The van der Waals surface area contributed by atoms with Gasteiger partial charge in [-0.25, -0.2) is 18.0 Å². The first-order valence-electron chi connectivity index (χ1n) is 8.01. The van der Waals surface area contributed by atoms with Gasteiger partial charge in [-0.3, -0.25) is 0 Å². The van der Waals surface area contributed by atoms with Crippen molar-refractivity contribution in [3.05, 3.63) is 76.6 Å². The molecule has 0 bridgehead atoms. The van der Waals surface area contributed by atoms with E-state index < -0.39 is 34.7 Å². The van der Waals surface area contributed by atoms with Crippen LogP contribution in [0.2, 0.25) is 0 Å². The number of hydrogen-bond acceptors (Lipinski definition) is 3. The molecular formula is C20H16F3NO2. The SMILES string of the molecule is CCC=CCCc1ccc(C(=O)Oc2cc(F)c(C#N)c(F)c2)c(F)c1. The number of halogens is 3. The highest BCUT2D eigenvalue weighted by Crippen LogP contribution is 2.22. The zero-order valence-electron chi connectivity index (χ0n) is 14.1. The fraction of sp³-hybridized carbons (Fsp3) is 0.200. The third kappa shape index (κ3) is 4.73. The Morgan fingerprint density at radius 1 is 1.12 bits per heavy atom. The number of carbonyl (C=O) groups is 1. The molecule has 134 valence electrons. The lowest BCUT2D eigenvalue weighted by molar-refractivity contribution is 0.0729. The van der Waals surface area contributed by atoms with Crippen LogP contribution in [0.25, 0.3) is 0 Å². The molecule has 2 aromatic carbocycles. The maximum Gasteiger partial charge on any atom is 0.346 e. The Bertz CT molecular complexity index is 862. The van der Waals surface area contributed by atoms with Gasteiger partial charge in [0.05, 0.1) is 5.56 Å². The highest BCUT2D eigenvalue weighted by Gasteiger charge is 2.17. The lowest BCUT2D eigenvalue weighted by Crippen LogP contribution is -2.11. The highest BCUT2D eigenvalue weighted by atomic mass is 19.1. The van der Waals surface area contributed by atoms with Crippen molar-refractivity contribution in [1.82, 2.24) is 0 Å². The monoisotopic (exact) mass is 359 g/mol. The topological polar surface area (TPSA) is 50.1 Å². The van der Waals surface area contributed by atoms with E-state index in [9.17, 15) is 18.0 Å². The van der Waals surface area contributed by atoms with E-state index in [0.29, 0.717) is 18.6 Å². The molecule has 0 saturated carbocycles. The van der Waals surface area contributed by atoms with Crippen LogP contribution in [-0.4, -0.2) is 5.97 Å². The predicted octanol–water partition coefficient (Wildman–Crippen LogP) is 5.09. The van der Waals surface area contributed by atoms with Gasteiger partial charge in [0.1, 0.15) is 34.8 Å². The number of hydrogen-bond donors (Lipinski definition) is 0. The molecule has 0 fully saturated rings. The van der Waals surface area contributed by atoms with E-state index in [0.717, 1.165) is 18.4 Å². The van der Waals surface area contributed by atoms with Gasteiger partial charge in [0.2, 0.25) is 0 Å². The van der Waals surface area contributed by atoms with Crippen molar-refractivity contribution >= 4 is 5.97 Å². The number of carbonyl (C=O) groups excluding carboxylic acids is 1. The van der Waals surface area contributed by atoms with E-state index in [1.807, 2.05) is 19.1 Å². The van der Waals surface area contributed by atoms with Gasteiger partial charge >= 0.3 is 5.97 Å². The minimum atomic E-state index is -1.16. The van der Waals surface area contributed by atoms with Gasteiger partial charge in [-0.05, 0) is 37.0 Å². The Kier molecular flexibility index (Phi) is 6.56. The number of benzene rings is 2. The number of ether oxygens (including phenoxy) is 1. The second-order valence-corrected chi connectivity index (χ2v) is 5.50. The largest absolute Gasteiger partial charge is 0.423 e. The predicted molar refractivity (Wildman–Crippen MR) is 90.2 cm³/mol. The summed E-state index contributed by atoms with van der Waals surface area (Å²) in [7, 11) is 0. The zero-order chi connectivity index (χ0) is 19.1. The van der Waals surface area contributed by atoms with Crippen LogP contribution < -0.4 is 4.74 Å². The van der Waals surface area contributed by atoms with Gasteiger partial charge in [0.15, 0.2) is 0 Å². The van der Waals surface area contributed by atoms with E-state index >= 15 is 0 Å². The maximum atomic E-state index is 14.1. The lowest BCUT2D eigenvalue weighted by Gasteiger charge is -2.08. The van der Waals surface area contributed by atoms with Gasteiger partial charge < -0.3 is 4.74 Å². The van der Waals surface area contributed by atoms with Crippen molar-refractivity contribution in [2.75, 3.05) is 0 Å². The summed E-state index contributed by atoms with van der Waals surface area (Å²) in [4.78, 5) is 12.0. The molecular weight excluding hydrogens is 343 g/mol. The summed E-state index contributed by atoms with van der Waals surface area (Å²) < 4.78 is 46.0. The highest BCUT2D eigenvalue weighted by molar-refractivity contribution is 5.91. The van der Waals surface area contributed by atoms with Crippen molar-refractivity contribution in [1.29, 1.82) is 5.26 Å². The summed E-state index contributed by atoms with van der Waals surface area (Å²) in [6, 6.07) is 6.86. The first-order valence-corrected chi connectivity index (χ1v) is 8.01. The smallest absolute Gasteiger partial charge is 0.346 e. The second kappa shape index (κ2) is 8.86. The molecule has 0 atom stereocenters. The Labute approximate surface area is 149 Å². The summed E-state index contributed by atoms with van der Waals surface area (Å²) in [6.07, 6.45) is 6.30. The first kappa shape index (κ1) is 19.3. The lowest BCUT2D eigenvalue weighted by atomic mass is 10.1. The maximum absolute atomic E-state index is 14.1. The van der Waals surface area contributed by atoms with Crippen LogP contribution in [0.1, 0.15) is 41.3 Å². The molecule has 2 aromatic rings. The number of aryl methyl sites for hydroxylation is 1. The normalized spacial score (nSPS) is 10.7. The molecule has 0 amide bonds. The molecule has 0 unspecified atom stereocenters. The molecule has 0 aliphatic heterocycles. The molecule has 0 aliphatic rings. The summed E-state index contributed by atoms with van der Waals surface area (Å²) in [5.74, 6) is -4.63. The molecule has 2 rings (SSSR count). The fourth-order valence-electron chi connectivity index (χ4n) is 2.29. The van der Waals surface area contributed by atoms with Crippen molar-refractivity contribution in [2.24, 2.45) is 0 Å². The zero-order valence-corrected chi connectivity index (χ0v) is 14.1. The van der Waals surface area contributed by atoms with Gasteiger partial charge in [0, 0.05) is 12.1 Å². The number of esters is 1. The van der Waals surface area contributed by atoms with Gasteiger partial charge in [-0.1, -0.05) is 25.1 Å². The van der Waals surface area contributed by atoms with Gasteiger partial charge in [-0.15, -0.1) is 0 Å². The van der Waals surface area contributed by atoms with Crippen LogP contribution in [-0.2, 0) is 6.42 Å². The molecule has 0 radical (unpaired) electrons. The minimum absolute atomic E-state index is 0.344. The Balaban J connectivity index is 2.13. The van der Waals surface area contributed by atoms with Crippen molar-refractivity contribution in [3.8, 4) is 11.8 Å². The number of nitrogens with zero attached hydrogens (tertiary/aromatic N) is 1. The summed E-state index contributed by atoms with van der Waals surface area (Å²) in [6.45, 7) is 2.02. The van der Waals surface area contributed by atoms with Crippen LogP contribution in [0.4, 0.5) is 13.2 Å². The summed E-state index contributed by atoms with van der Waals surface area (Å²) >= 11 is 0. The molecule has 0 aromatic heterocycles. The first-order chi connectivity index (χ1) is 12.5. The molecule has 0 N–H and O–H groups in total. The van der Waals surface area contributed by atoms with Gasteiger partial charge in [-0.2, -0.15) is 5.26 Å².